The standard InChI is InChI=1S/C15H15IN2O3S/c1-11(19)17-13-5-9-15(10-6-13)22(20,21)18(2)14-7-3-12(16)4-8-14/h3-10H,1-2H3,(H,17,19). The van der Waals surface area contributed by atoms with Crippen LogP contribution in [0.1, 0.15) is 6.92 Å². The third-order valence-electron chi connectivity index (χ3n) is 3.02. The van der Waals surface area contributed by atoms with Crippen molar-refractivity contribution in [1.29, 1.82) is 0 Å². The lowest BCUT2D eigenvalue weighted by Crippen LogP contribution is -2.26. The lowest BCUT2D eigenvalue weighted by molar-refractivity contribution is -0.114. The van der Waals surface area contributed by atoms with Gasteiger partial charge in [-0.3, -0.25) is 9.10 Å². The van der Waals surface area contributed by atoms with E-state index in [9.17, 15) is 13.2 Å². The van der Waals surface area contributed by atoms with Crippen molar-refractivity contribution >= 4 is 49.9 Å². The van der Waals surface area contributed by atoms with E-state index in [-0.39, 0.29) is 10.8 Å². The maximum atomic E-state index is 12.6. The first-order valence-electron chi connectivity index (χ1n) is 6.43. The van der Waals surface area contributed by atoms with Gasteiger partial charge in [0.15, 0.2) is 0 Å². The Kier molecular flexibility index (Phi) is 5.07. The van der Waals surface area contributed by atoms with Crippen LogP contribution in [0.4, 0.5) is 11.4 Å². The Labute approximate surface area is 143 Å². The van der Waals surface area contributed by atoms with Crippen LogP contribution < -0.4 is 9.62 Å². The number of hydrogen-bond acceptors (Lipinski definition) is 3. The first-order valence-corrected chi connectivity index (χ1v) is 8.95. The Hall–Kier alpha value is -1.61. The number of anilines is 2. The molecule has 0 heterocycles. The molecular weight excluding hydrogens is 415 g/mol. The molecule has 0 atom stereocenters. The van der Waals surface area contributed by atoms with Crippen LogP contribution in [-0.4, -0.2) is 21.4 Å². The highest BCUT2D eigenvalue weighted by atomic mass is 127. The molecule has 0 spiro atoms. The topological polar surface area (TPSA) is 66.5 Å². The minimum absolute atomic E-state index is 0.169. The van der Waals surface area contributed by atoms with Gasteiger partial charge in [0, 0.05) is 23.2 Å². The Morgan fingerprint density at radius 1 is 1.05 bits per heavy atom. The van der Waals surface area contributed by atoms with Gasteiger partial charge in [-0.25, -0.2) is 8.42 Å². The predicted octanol–water partition coefficient (Wildman–Crippen LogP) is 3.07. The molecule has 1 N–H and O–H groups in total. The highest BCUT2D eigenvalue weighted by Gasteiger charge is 2.21. The van der Waals surface area contributed by atoms with E-state index in [2.05, 4.69) is 27.9 Å². The molecule has 7 heteroatoms. The number of halogens is 1. The zero-order chi connectivity index (χ0) is 16.3. The molecule has 2 aromatic rings. The Bertz CT molecular complexity index is 771. The number of carbonyl (C=O) groups is 1. The van der Waals surface area contributed by atoms with Crippen LogP contribution in [-0.2, 0) is 14.8 Å². The second kappa shape index (κ2) is 6.66. The van der Waals surface area contributed by atoms with E-state index in [4.69, 9.17) is 0 Å². The van der Waals surface area contributed by atoms with Crippen molar-refractivity contribution in [2.45, 2.75) is 11.8 Å². The number of nitrogens with one attached hydrogen (secondary N) is 1. The van der Waals surface area contributed by atoms with Crippen molar-refractivity contribution in [3.63, 3.8) is 0 Å². The molecule has 0 saturated heterocycles. The van der Waals surface area contributed by atoms with Gasteiger partial charge in [0.2, 0.25) is 5.91 Å². The maximum absolute atomic E-state index is 12.6. The van der Waals surface area contributed by atoms with Crippen LogP contribution in [0.5, 0.6) is 0 Å². The molecule has 116 valence electrons. The van der Waals surface area contributed by atoms with Gasteiger partial charge < -0.3 is 5.32 Å². The highest BCUT2D eigenvalue weighted by Crippen LogP contribution is 2.23. The van der Waals surface area contributed by atoms with Gasteiger partial charge in [0.1, 0.15) is 0 Å². The van der Waals surface area contributed by atoms with Gasteiger partial charge in [-0.1, -0.05) is 0 Å². The SMILES string of the molecule is CC(=O)Nc1ccc(S(=O)(=O)N(C)c2ccc(I)cc2)cc1. The zero-order valence-electron chi connectivity index (χ0n) is 12.1. The van der Waals surface area contributed by atoms with Crippen LogP contribution in [0.2, 0.25) is 0 Å². The van der Waals surface area contributed by atoms with E-state index in [0.717, 1.165) is 3.57 Å². The molecule has 0 aliphatic carbocycles. The van der Waals surface area contributed by atoms with E-state index >= 15 is 0 Å². The number of carbonyl (C=O) groups excluding carboxylic acids is 1. The summed E-state index contributed by atoms with van der Waals surface area (Å²) in [5, 5.41) is 2.60. The van der Waals surface area contributed by atoms with E-state index in [1.807, 2.05) is 12.1 Å². The van der Waals surface area contributed by atoms with Crippen molar-refractivity contribution in [2.75, 3.05) is 16.7 Å². The molecule has 2 aromatic carbocycles. The summed E-state index contributed by atoms with van der Waals surface area (Å²) in [4.78, 5) is 11.1. The molecule has 0 saturated carbocycles. The lowest BCUT2D eigenvalue weighted by atomic mass is 10.3. The summed E-state index contributed by atoms with van der Waals surface area (Å²) < 4.78 is 27.4. The predicted molar refractivity (Wildman–Crippen MR) is 95.5 cm³/mol. The Morgan fingerprint density at radius 3 is 2.09 bits per heavy atom. The number of sulfonamides is 1. The first-order chi connectivity index (χ1) is 10.3. The maximum Gasteiger partial charge on any atom is 0.264 e. The molecule has 0 aliphatic rings. The van der Waals surface area contributed by atoms with Crippen molar-refractivity contribution in [1.82, 2.24) is 0 Å². The largest absolute Gasteiger partial charge is 0.326 e. The molecule has 1 amide bonds. The van der Waals surface area contributed by atoms with E-state index < -0.39 is 10.0 Å². The third kappa shape index (κ3) is 3.77. The number of benzene rings is 2. The molecule has 22 heavy (non-hydrogen) atoms. The summed E-state index contributed by atoms with van der Waals surface area (Å²) in [7, 11) is -2.12. The quantitative estimate of drug-likeness (QED) is 0.759. The average Bonchev–Trinajstić information content (AvgIpc) is 2.47. The minimum Gasteiger partial charge on any atom is -0.326 e. The van der Waals surface area contributed by atoms with Crippen molar-refractivity contribution in [3.05, 3.63) is 52.1 Å². The molecule has 0 aliphatic heterocycles. The lowest BCUT2D eigenvalue weighted by Gasteiger charge is -2.19. The smallest absolute Gasteiger partial charge is 0.264 e. The van der Waals surface area contributed by atoms with E-state index in [1.165, 1.54) is 30.4 Å². The van der Waals surface area contributed by atoms with Crippen LogP contribution in [0, 0.1) is 3.57 Å². The van der Waals surface area contributed by atoms with Crippen molar-refractivity contribution < 1.29 is 13.2 Å². The fourth-order valence-corrected chi connectivity index (χ4v) is 3.42. The third-order valence-corrected chi connectivity index (χ3v) is 5.54. The first kappa shape index (κ1) is 16.8. The molecule has 0 aromatic heterocycles. The van der Waals surface area contributed by atoms with Crippen LogP contribution in [0.3, 0.4) is 0 Å². The van der Waals surface area contributed by atoms with Gasteiger partial charge in [-0.15, -0.1) is 0 Å². The Balaban J connectivity index is 2.29. The molecule has 0 fully saturated rings. The number of rotatable bonds is 4. The number of amides is 1. The number of nitrogens with zero attached hydrogens (tertiary/aromatic N) is 1. The van der Waals surface area contributed by atoms with E-state index in [0.29, 0.717) is 11.4 Å². The van der Waals surface area contributed by atoms with Crippen LogP contribution >= 0.6 is 22.6 Å². The Morgan fingerprint density at radius 2 is 1.59 bits per heavy atom. The monoisotopic (exact) mass is 430 g/mol. The van der Waals surface area contributed by atoms with Gasteiger partial charge >= 0.3 is 0 Å². The fraction of sp³-hybridized carbons (Fsp3) is 0.133. The molecule has 5 nitrogen and oxygen atoms in total. The molecule has 0 bridgehead atoms. The average molecular weight is 430 g/mol. The van der Waals surface area contributed by atoms with Crippen LogP contribution in [0.25, 0.3) is 0 Å². The summed E-state index contributed by atoms with van der Waals surface area (Å²) >= 11 is 2.16. The summed E-state index contributed by atoms with van der Waals surface area (Å²) in [5.41, 5.74) is 1.15. The second-order valence-corrected chi connectivity index (χ2v) is 7.87. The molecule has 0 unspecified atom stereocenters. The minimum atomic E-state index is -3.63. The second-order valence-electron chi connectivity index (χ2n) is 4.65. The van der Waals surface area contributed by atoms with Gasteiger partial charge in [-0.2, -0.15) is 0 Å². The van der Waals surface area contributed by atoms with Crippen molar-refractivity contribution in [2.24, 2.45) is 0 Å². The van der Waals surface area contributed by atoms with Gasteiger partial charge in [0.05, 0.1) is 10.6 Å². The molecule has 0 radical (unpaired) electrons. The van der Waals surface area contributed by atoms with Gasteiger partial charge in [-0.05, 0) is 71.1 Å². The van der Waals surface area contributed by atoms with Crippen LogP contribution in [0.15, 0.2) is 53.4 Å². The zero-order valence-corrected chi connectivity index (χ0v) is 15.1. The van der Waals surface area contributed by atoms with Gasteiger partial charge in [0.25, 0.3) is 10.0 Å². The molecular formula is C15H15IN2O3S. The van der Waals surface area contributed by atoms with Crippen molar-refractivity contribution in [3.8, 4) is 0 Å². The fourth-order valence-electron chi connectivity index (χ4n) is 1.86. The normalized spacial score (nSPS) is 11.0. The summed E-state index contributed by atoms with van der Waals surface area (Å²) in [6, 6.07) is 13.3. The summed E-state index contributed by atoms with van der Waals surface area (Å²) in [5.74, 6) is -0.202. The summed E-state index contributed by atoms with van der Waals surface area (Å²) in [6.07, 6.45) is 0. The number of hydrogen-bond donors (Lipinski definition) is 1. The molecule has 2 rings (SSSR count). The summed E-state index contributed by atoms with van der Waals surface area (Å²) in [6.45, 7) is 1.40. The van der Waals surface area contributed by atoms with E-state index in [1.54, 1.807) is 24.3 Å². The highest BCUT2D eigenvalue weighted by molar-refractivity contribution is 14.1.